The largest absolute Gasteiger partial charge is 0.454 e. The van der Waals surface area contributed by atoms with Gasteiger partial charge in [-0.2, -0.15) is 0 Å². The van der Waals surface area contributed by atoms with Crippen molar-refractivity contribution in [2.75, 3.05) is 0 Å². The lowest BCUT2D eigenvalue weighted by Gasteiger charge is -2.23. The molecule has 0 spiro atoms. The molecule has 0 fully saturated rings. The van der Waals surface area contributed by atoms with E-state index in [0.717, 1.165) is 55.7 Å². The SMILES string of the molecule is c1ccc(C2=NC(c3cccc4oc5c(-n6c7ccccc7c7ccc8ccccc8c76)cccc5c34)=NC(c3ccccc3)N2)cc1. The second kappa shape index (κ2) is 10.5. The number of hydrogen-bond donors (Lipinski definition) is 1. The predicted octanol–water partition coefficient (Wildman–Crippen LogP) is 10.3. The van der Waals surface area contributed by atoms with E-state index < -0.39 is 0 Å². The van der Waals surface area contributed by atoms with Crippen molar-refractivity contribution in [3.05, 3.63) is 174 Å². The molecule has 3 heterocycles. The molecule has 48 heavy (non-hydrogen) atoms. The Morgan fingerprint density at radius 2 is 1.31 bits per heavy atom. The van der Waals surface area contributed by atoms with Crippen LogP contribution in [-0.2, 0) is 0 Å². The number of nitrogens with one attached hydrogen (secondary N) is 1. The first-order valence-electron chi connectivity index (χ1n) is 16.2. The van der Waals surface area contributed by atoms with Gasteiger partial charge in [0, 0.05) is 38.1 Å². The van der Waals surface area contributed by atoms with Crippen LogP contribution in [0.3, 0.4) is 0 Å². The highest BCUT2D eigenvalue weighted by Gasteiger charge is 2.25. The molecule has 1 atom stereocenters. The Morgan fingerprint density at radius 3 is 2.19 bits per heavy atom. The zero-order valence-corrected chi connectivity index (χ0v) is 25.8. The highest BCUT2D eigenvalue weighted by atomic mass is 16.3. The van der Waals surface area contributed by atoms with Gasteiger partial charge in [0.05, 0.1) is 16.7 Å². The molecule has 0 bridgehead atoms. The number of aliphatic imine (C=N–C) groups is 2. The average Bonchev–Trinajstić information content (AvgIpc) is 3.72. The van der Waals surface area contributed by atoms with E-state index in [2.05, 4.69) is 119 Å². The third-order valence-corrected chi connectivity index (χ3v) is 9.45. The maximum absolute atomic E-state index is 6.83. The molecule has 1 aliphatic heterocycles. The minimum atomic E-state index is -0.288. The molecule has 0 saturated carbocycles. The van der Waals surface area contributed by atoms with E-state index >= 15 is 0 Å². The second-order valence-electron chi connectivity index (χ2n) is 12.2. The van der Waals surface area contributed by atoms with Crippen molar-refractivity contribution in [1.29, 1.82) is 0 Å². The van der Waals surface area contributed by atoms with Crippen LogP contribution in [0.4, 0.5) is 0 Å². The molecular formula is C43H28N4O. The van der Waals surface area contributed by atoms with Crippen molar-refractivity contribution in [1.82, 2.24) is 9.88 Å². The predicted molar refractivity (Wildman–Crippen MR) is 197 cm³/mol. The molecule has 5 nitrogen and oxygen atoms in total. The summed E-state index contributed by atoms with van der Waals surface area (Å²) in [6.07, 6.45) is -0.288. The molecule has 226 valence electrons. The normalized spacial score (nSPS) is 14.9. The zero-order valence-electron chi connectivity index (χ0n) is 25.8. The van der Waals surface area contributed by atoms with Crippen molar-refractivity contribution < 1.29 is 4.42 Å². The fourth-order valence-electron chi connectivity index (χ4n) is 7.29. The van der Waals surface area contributed by atoms with Crippen LogP contribution in [0, 0.1) is 0 Å². The van der Waals surface area contributed by atoms with Crippen molar-refractivity contribution in [2.45, 2.75) is 6.17 Å². The van der Waals surface area contributed by atoms with Gasteiger partial charge in [0.2, 0.25) is 0 Å². The molecule has 1 unspecified atom stereocenters. The number of aromatic nitrogens is 1. The summed E-state index contributed by atoms with van der Waals surface area (Å²) >= 11 is 0. The van der Waals surface area contributed by atoms with E-state index in [1.54, 1.807) is 0 Å². The molecule has 7 aromatic carbocycles. The quantitative estimate of drug-likeness (QED) is 0.214. The number of fused-ring (bicyclic) bond motifs is 8. The van der Waals surface area contributed by atoms with Crippen molar-refractivity contribution in [3.8, 4) is 5.69 Å². The number of hydrogen-bond acceptors (Lipinski definition) is 4. The molecule has 5 heteroatoms. The van der Waals surface area contributed by atoms with E-state index in [0.29, 0.717) is 5.84 Å². The van der Waals surface area contributed by atoms with Gasteiger partial charge in [0.15, 0.2) is 11.4 Å². The first-order valence-corrected chi connectivity index (χ1v) is 16.2. The lowest BCUT2D eigenvalue weighted by Crippen LogP contribution is -2.33. The third kappa shape index (κ3) is 4.04. The van der Waals surface area contributed by atoms with Gasteiger partial charge in [-0.3, -0.25) is 0 Å². The molecule has 0 aliphatic carbocycles. The minimum Gasteiger partial charge on any atom is -0.454 e. The Bertz CT molecular complexity index is 2750. The summed E-state index contributed by atoms with van der Waals surface area (Å²) in [5, 5.41) is 10.5. The van der Waals surface area contributed by atoms with Crippen molar-refractivity contribution in [2.24, 2.45) is 9.98 Å². The molecule has 10 rings (SSSR count). The summed E-state index contributed by atoms with van der Waals surface area (Å²) in [4.78, 5) is 10.3. The Kier molecular flexibility index (Phi) is 5.87. The number of amidine groups is 2. The van der Waals surface area contributed by atoms with E-state index in [1.165, 1.54) is 27.1 Å². The summed E-state index contributed by atoms with van der Waals surface area (Å²) < 4.78 is 9.20. The van der Waals surface area contributed by atoms with E-state index in [-0.39, 0.29) is 6.17 Å². The molecular weight excluding hydrogens is 589 g/mol. The molecule has 9 aromatic rings. The van der Waals surface area contributed by atoms with Crippen LogP contribution >= 0.6 is 0 Å². The van der Waals surface area contributed by atoms with Crippen LogP contribution in [0.15, 0.2) is 172 Å². The average molecular weight is 617 g/mol. The summed E-state index contributed by atoms with van der Waals surface area (Å²) in [7, 11) is 0. The van der Waals surface area contributed by atoms with Crippen LogP contribution in [0.5, 0.6) is 0 Å². The van der Waals surface area contributed by atoms with Gasteiger partial charge in [-0.05, 0) is 29.1 Å². The number of furan rings is 1. The van der Waals surface area contributed by atoms with Gasteiger partial charge in [0.25, 0.3) is 0 Å². The molecule has 0 saturated heterocycles. The maximum Gasteiger partial charge on any atom is 0.160 e. The topological polar surface area (TPSA) is 54.8 Å². The number of benzene rings is 7. The Labute approximate surface area is 276 Å². The Balaban J connectivity index is 1.24. The summed E-state index contributed by atoms with van der Waals surface area (Å²) in [6.45, 7) is 0. The summed E-state index contributed by atoms with van der Waals surface area (Å²) in [5.74, 6) is 1.46. The van der Waals surface area contributed by atoms with E-state index in [4.69, 9.17) is 14.4 Å². The van der Waals surface area contributed by atoms with Gasteiger partial charge in [-0.15, -0.1) is 0 Å². The molecule has 1 N–H and O–H groups in total. The second-order valence-corrected chi connectivity index (χ2v) is 12.2. The number of nitrogens with zero attached hydrogens (tertiary/aromatic N) is 3. The third-order valence-electron chi connectivity index (χ3n) is 9.45. The molecule has 0 radical (unpaired) electrons. The van der Waals surface area contributed by atoms with Gasteiger partial charge in [0.1, 0.15) is 17.6 Å². The monoisotopic (exact) mass is 616 g/mol. The number of rotatable bonds is 4. The standard InChI is InChI=1S/C43H28N4O/c1-3-14-28(15-4-1)41-44-42(29-16-5-2-6-17-29)46-43(45-41)34-21-12-24-37-38(34)33-20-11-23-36(40(33)48-37)47-35-22-10-9-19-31(35)32-26-25-27-13-7-8-18-30(27)39(32)47/h1-26,41H,(H,44,45,46). The highest BCUT2D eigenvalue weighted by Crippen LogP contribution is 2.41. The lowest BCUT2D eigenvalue weighted by molar-refractivity contribution is 0.666. The van der Waals surface area contributed by atoms with Crippen LogP contribution < -0.4 is 5.32 Å². The van der Waals surface area contributed by atoms with Crippen LogP contribution in [0.25, 0.3) is 60.2 Å². The van der Waals surface area contributed by atoms with Crippen LogP contribution in [0.2, 0.25) is 0 Å². The van der Waals surface area contributed by atoms with Gasteiger partial charge in [-0.1, -0.05) is 140 Å². The number of para-hydroxylation sites is 2. The first kappa shape index (κ1) is 26.7. The van der Waals surface area contributed by atoms with Crippen LogP contribution in [-0.4, -0.2) is 16.2 Å². The zero-order chi connectivity index (χ0) is 31.6. The van der Waals surface area contributed by atoms with Gasteiger partial charge >= 0.3 is 0 Å². The highest BCUT2D eigenvalue weighted by molar-refractivity contribution is 6.23. The van der Waals surface area contributed by atoms with Crippen molar-refractivity contribution >= 4 is 66.2 Å². The smallest absolute Gasteiger partial charge is 0.160 e. The van der Waals surface area contributed by atoms with E-state index in [9.17, 15) is 0 Å². The maximum atomic E-state index is 6.83. The van der Waals surface area contributed by atoms with Crippen molar-refractivity contribution in [3.63, 3.8) is 0 Å². The lowest BCUT2D eigenvalue weighted by atomic mass is 10.0. The fourth-order valence-corrected chi connectivity index (χ4v) is 7.29. The minimum absolute atomic E-state index is 0.288. The van der Waals surface area contributed by atoms with Crippen LogP contribution in [0.1, 0.15) is 22.9 Å². The van der Waals surface area contributed by atoms with Gasteiger partial charge < -0.3 is 14.3 Å². The molecule has 1 aliphatic rings. The van der Waals surface area contributed by atoms with Gasteiger partial charge in [-0.25, -0.2) is 9.98 Å². The Morgan fingerprint density at radius 1 is 0.583 bits per heavy atom. The summed E-state index contributed by atoms with van der Waals surface area (Å²) in [5.41, 5.74) is 7.97. The summed E-state index contributed by atoms with van der Waals surface area (Å²) in [6, 6.07) is 54.9. The fraction of sp³-hybridized carbons (Fsp3) is 0.0233. The molecule has 0 amide bonds. The van der Waals surface area contributed by atoms with E-state index in [1.807, 2.05) is 48.5 Å². The first-order chi connectivity index (χ1) is 23.8. The molecule has 2 aromatic heterocycles. The Hall–Kier alpha value is -6.46.